The number of methoxy groups -OCH3 is 1. The van der Waals surface area contributed by atoms with Crippen molar-refractivity contribution in [3.8, 4) is 17.4 Å². The second kappa shape index (κ2) is 5.19. The summed E-state index contributed by atoms with van der Waals surface area (Å²) in [4.78, 5) is 0. The molecule has 94 valence electrons. The minimum absolute atomic E-state index is 0.00741. The highest BCUT2D eigenvalue weighted by atomic mass is 32.1. The van der Waals surface area contributed by atoms with E-state index in [4.69, 9.17) is 17.0 Å². The van der Waals surface area contributed by atoms with Crippen molar-refractivity contribution in [2.75, 3.05) is 7.11 Å². The Morgan fingerprint density at radius 3 is 2.83 bits per heavy atom. The molecule has 0 atom stereocenters. The van der Waals surface area contributed by atoms with Crippen molar-refractivity contribution in [1.82, 2.24) is 4.68 Å². The van der Waals surface area contributed by atoms with E-state index in [2.05, 4.69) is 5.10 Å². The van der Waals surface area contributed by atoms with E-state index >= 15 is 0 Å². The maximum atomic E-state index is 9.48. The number of hydrogen-bond acceptors (Lipinski definition) is 6. The van der Waals surface area contributed by atoms with Crippen LogP contribution in [0.4, 0.5) is 0 Å². The second-order valence-electron chi connectivity index (χ2n) is 3.35. The summed E-state index contributed by atoms with van der Waals surface area (Å²) in [5, 5.41) is 24.5. The van der Waals surface area contributed by atoms with Gasteiger partial charge < -0.3 is 14.9 Å². The fourth-order valence-electron chi connectivity index (χ4n) is 1.30. The zero-order chi connectivity index (χ0) is 13.1. The summed E-state index contributed by atoms with van der Waals surface area (Å²) < 4.78 is 6.69. The van der Waals surface area contributed by atoms with Crippen molar-refractivity contribution in [2.45, 2.75) is 0 Å². The van der Waals surface area contributed by atoms with Crippen LogP contribution in [0.3, 0.4) is 0 Å². The molecule has 0 saturated heterocycles. The lowest BCUT2D eigenvalue weighted by atomic mass is 10.2. The van der Waals surface area contributed by atoms with Crippen LogP contribution < -0.4 is 4.74 Å². The maximum Gasteiger partial charge on any atom is 0.224 e. The van der Waals surface area contributed by atoms with Crippen LogP contribution >= 0.6 is 23.6 Å². The van der Waals surface area contributed by atoms with Gasteiger partial charge in [-0.1, -0.05) is 0 Å². The molecule has 7 heteroatoms. The highest BCUT2D eigenvalue weighted by molar-refractivity contribution is 7.73. The van der Waals surface area contributed by atoms with Crippen LogP contribution in [0.15, 0.2) is 28.7 Å². The predicted octanol–water partition coefficient (Wildman–Crippen LogP) is 2.58. The standard InChI is InChI=1S/C11H10N2O3S2/c1-16-9-4-7(2-3-8(9)14)5-12-13-10(15)6-18-11(13)17/h2-6,14-15H,1H3/b12-5+. The van der Waals surface area contributed by atoms with E-state index in [9.17, 15) is 10.2 Å². The van der Waals surface area contributed by atoms with E-state index in [0.717, 1.165) is 5.56 Å². The topological polar surface area (TPSA) is 67.0 Å². The predicted molar refractivity (Wildman–Crippen MR) is 72.5 cm³/mol. The number of rotatable bonds is 3. The molecule has 0 aliphatic rings. The molecular weight excluding hydrogens is 272 g/mol. The number of ether oxygens (including phenoxy) is 1. The molecule has 0 aliphatic heterocycles. The third-order valence-corrected chi connectivity index (χ3v) is 3.35. The van der Waals surface area contributed by atoms with Crippen molar-refractivity contribution >= 4 is 29.8 Å². The van der Waals surface area contributed by atoms with Gasteiger partial charge in [0, 0.05) is 0 Å². The van der Waals surface area contributed by atoms with Crippen molar-refractivity contribution in [1.29, 1.82) is 0 Å². The lowest BCUT2D eigenvalue weighted by Crippen LogP contribution is -1.91. The number of thiazole rings is 1. The summed E-state index contributed by atoms with van der Waals surface area (Å²) in [7, 11) is 1.47. The Hall–Kier alpha value is -1.86. The Morgan fingerprint density at radius 1 is 1.44 bits per heavy atom. The summed E-state index contributed by atoms with van der Waals surface area (Å²) in [6.07, 6.45) is 1.52. The van der Waals surface area contributed by atoms with Crippen LogP contribution in [0.2, 0.25) is 0 Å². The number of phenolic OH excluding ortho intramolecular Hbond substituents is 1. The van der Waals surface area contributed by atoms with Gasteiger partial charge in [0.15, 0.2) is 15.5 Å². The van der Waals surface area contributed by atoms with E-state index < -0.39 is 0 Å². The maximum absolute atomic E-state index is 9.48. The summed E-state index contributed by atoms with van der Waals surface area (Å²) in [5.41, 5.74) is 0.720. The number of aromatic hydroxyl groups is 2. The van der Waals surface area contributed by atoms with E-state index in [-0.39, 0.29) is 11.6 Å². The highest BCUT2D eigenvalue weighted by Gasteiger charge is 2.02. The van der Waals surface area contributed by atoms with Crippen molar-refractivity contribution < 1.29 is 14.9 Å². The zero-order valence-electron chi connectivity index (χ0n) is 9.40. The van der Waals surface area contributed by atoms with Crippen molar-refractivity contribution in [2.24, 2.45) is 5.10 Å². The molecule has 0 unspecified atom stereocenters. The Labute approximate surface area is 112 Å². The minimum atomic E-state index is -0.00741. The molecule has 0 aliphatic carbocycles. The van der Waals surface area contributed by atoms with Crippen LogP contribution in [0.5, 0.6) is 17.4 Å². The van der Waals surface area contributed by atoms with Crippen LogP contribution in [-0.4, -0.2) is 28.2 Å². The van der Waals surface area contributed by atoms with E-state index in [0.29, 0.717) is 9.70 Å². The fraction of sp³-hybridized carbons (Fsp3) is 0.0909. The molecule has 2 aromatic rings. The number of phenols is 1. The molecule has 0 spiro atoms. The summed E-state index contributed by atoms with van der Waals surface area (Å²) in [6, 6.07) is 4.81. The highest BCUT2D eigenvalue weighted by Crippen LogP contribution is 2.25. The van der Waals surface area contributed by atoms with Gasteiger partial charge >= 0.3 is 0 Å². The molecule has 1 aromatic heterocycles. The van der Waals surface area contributed by atoms with Crippen LogP contribution in [0, 0.1) is 3.95 Å². The SMILES string of the molecule is COc1cc(/C=N/n2c(O)csc2=S)ccc1O. The first kappa shape index (κ1) is 12.6. The molecule has 0 bridgehead atoms. The molecule has 0 saturated carbocycles. The van der Waals surface area contributed by atoms with Gasteiger partial charge in [0.1, 0.15) is 0 Å². The van der Waals surface area contributed by atoms with Gasteiger partial charge in [0.25, 0.3) is 0 Å². The number of hydrogen-bond donors (Lipinski definition) is 2. The summed E-state index contributed by atoms with van der Waals surface area (Å²) >= 11 is 6.23. The molecule has 1 heterocycles. The third-order valence-electron chi connectivity index (χ3n) is 2.18. The first-order valence-electron chi connectivity index (χ1n) is 4.92. The Kier molecular flexibility index (Phi) is 3.63. The van der Waals surface area contributed by atoms with Gasteiger partial charge in [0.05, 0.1) is 18.7 Å². The lowest BCUT2D eigenvalue weighted by Gasteiger charge is -2.03. The van der Waals surface area contributed by atoms with Gasteiger partial charge in [-0.05, 0) is 36.0 Å². The number of benzene rings is 1. The fourth-order valence-corrected chi connectivity index (χ4v) is 2.13. The smallest absolute Gasteiger partial charge is 0.224 e. The largest absolute Gasteiger partial charge is 0.504 e. The van der Waals surface area contributed by atoms with Gasteiger partial charge in [-0.15, -0.1) is 11.3 Å². The number of aromatic nitrogens is 1. The van der Waals surface area contributed by atoms with Gasteiger partial charge in [-0.25, -0.2) is 0 Å². The Balaban J connectivity index is 2.32. The molecule has 0 amide bonds. The van der Waals surface area contributed by atoms with Crippen LogP contribution in [-0.2, 0) is 0 Å². The first-order chi connectivity index (χ1) is 8.61. The zero-order valence-corrected chi connectivity index (χ0v) is 11.0. The van der Waals surface area contributed by atoms with E-state index in [1.807, 2.05) is 0 Å². The van der Waals surface area contributed by atoms with Gasteiger partial charge in [0.2, 0.25) is 5.88 Å². The molecule has 18 heavy (non-hydrogen) atoms. The van der Waals surface area contributed by atoms with Crippen LogP contribution in [0.25, 0.3) is 0 Å². The monoisotopic (exact) mass is 282 g/mol. The average Bonchev–Trinajstić information content (AvgIpc) is 2.68. The van der Waals surface area contributed by atoms with Gasteiger partial charge in [-0.2, -0.15) is 9.78 Å². The molecule has 1 aromatic carbocycles. The lowest BCUT2D eigenvalue weighted by molar-refractivity contribution is 0.373. The second-order valence-corrected chi connectivity index (χ2v) is 4.85. The normalized spacial score (nSPS) is 10.9. The third kappa shape index (κ3) is 2.52. The van der Waals surface area contributed by atoms with Crippen molar-refractivity contribution in [3.05, 3.63) is 33.1 Å². The molecule has 5 nitrogen and oxygen atoms in total. The average molecular weight is 282 g/mol. The first-order valence-corrected chi connectivity index (χ1v) is 6.21. The molecule has 2 N–H and O–H groups in total. The van der Waals surface area contributed by atoms with Crippen molar-refractivity contribution in [3.63, 3.8) is 0 Å². The van der Waals surface area contributed by atoms with E-state index in [1.54, 1.807) is 12.1 Å². The summed E-state index contributed by atoms with van der Waals surface area (Å²) in [6.45, 7) is 0. The number of nitrogens with zero attached hydrogens (tertiary/aromatic N) is 2. The quantitative estimate of drug-likeness (QED) is 0.670. The van der Waals surface area contributed by atoms with Gasteiger partial charge in [-0.3, -0.25) is 0 Å². The molecule has 0 radical (unpaired) electrons. The summed E-state index contributed by atoms with van der Waals surface area (Å²) in [5.74, 6) is 0.411. The van der Waals surface area contributed by atoms with Crippen LogP contribution in [0.1, 0.15) is 5.56 Å². The molecular formula is C11H10N2O3S2. The Bertz CT molecular complexity index is 646. The van der Waals surface area contributed by atoms with E-state index in [1.165, 1.54) is 40.8 Å². The minimum Gasteiger partial charge on any atom is -0.504 e. The molecule has 2 rings (SSSR count). The molecule has 0 fully saturated rings. The Morgan fingerprint density at radius 2 is 2.22 bits per heavy atom.